The van der Waals surface area contributed by atoms with Crippen molar-refractivity contribution < 1.29 is 13.9 Å². The summed E-state index contributed by atoms with van der Waals surface area (Å²) in [5.41, 5.74) is 2.04. The first-order valence-corrected chi connectivity index (χ1v) is 8.73. The average Bonchev–Trinajstić information content (AvgIpc) is 3.23. The molecule has 1 amide bonds. The fourth-order valence-electron chi connectivity index (χ4n) is 2.76. The van der Waals surface area contributed by atoms with E-state index in [2.05, 4.69) is 10.3 Å². The van der Waals surface area contributed by atoms with E-state index in [1.807, 2.05) is 24.3 Å². The van der Waals surface area contributed by atoms with Gasteiger partial charge >= 0.3 is 0 Å². The number of hydrogen-bond acceptors (Lipinski definition) is 4. The van der Waals surface area contributed by atoms with Crippen molar-refractivity contribution in [3.8, 4) is 5.75 Å². The lowest BCUT2D eigenvalue weighted by Crippen LogP contribution is -2.31. The second-order valence-electron chi connectivity index (χ2n) is 5.84. The number of aromatic nitrogens is 1. The third-order valence-corrected chi connectivity index (χ3v) is 4.93. The zero-order valence-corrected chi connectivity index (χ0v) is 14.1. The summed E-state index contributed by atoms with van der Waals surface area (Å²) < 4.78 is 18.6. The number of hydrogen-bond donors (Lipinski definition) is 1. The molecule has 6 heteroatoms. The second-order valence-corrected chi connectivity index (χ2v) is 6.96. The first-order valence-electron chi connectivity index (χ1n) is 7.92. The molecule has 1 aromatic heterocycles. The maximum Gasteiger partial charge on any atom is 0.267 e. The molecule has 1 N–H and O–H groups in total. The van der Waals surface area contributed by atoms with Crippen LogP contribution >= 0.6 is 11.3 Å². The standard InChI is InChI=1S/C19H15FN2O2S/c20-14-7-5-12(6-8-14)9-15-11-21-19(25-15)22-18(23)17-10-13-3-1-2-4-16(13)24-17/h1-8,11,17H,9-10H2,(H,21,22,23)/t17-/m1/s1. The van der Waals surface area contributed by atoms with Crippen LogP contribution in [0.5, 0.6) is 5.75 Å². The van der Waals surface area contributed by atoms with Gasteiger partial charge < -0.3 is 4.74 Å². The number of anilines is 1. The lowest BCUT2D eigenvalue weighted by atomic mass is 10.1. The summed E-state index contributed by atoms with van der Waals surface area (Å²) >= 11 is 1.41. The number of rotatable bonds is 4. The first-order chi connectivity index (χ1) is 12.2. The Bertz CT molecular complexity index is 883. The van der Waals surface area contributed by atoms with Gasteiger partial charge in [0.05, 0.1) is 0 Å². The van der Waals surface area contributed by atoms with E-state index < -0.39 is 6.10 Å². The Morgan fingerprint density at radius 2 is 2.04 bits per heavy atom. The minimum Gasteiger partial charge on any atom is -0.480 e. The van der Waals surface area contributed by atoms with Crippen LogP contribution in [0.3, 0.4) is 0 Å². The minimum atomic E-state index is -0.526. The molecule has 1 aliphatic rings. The number of para-hydroxylation sites is 1. The van der Waals surface area contributed by atoms with Gasteiger partial charge in [0.2, 0.25) is 0 Å². The molecule has 0 unspecified atom stereocenters. The van der Waals surface area contributed by atoms with Crippen LogP contribution in [-0.2, 0) is 17.6 Å². The molecule has 0 radical (unpaired) electrons. The molecule has 0 saturated heterocycles. The topological polar surface area (TPSA) is 51.2 Å². The Morgan fingerprint density at radius 1 is 1.24 bits per heavy atom. The predicted molar refractivity (Wildman–Crippen MR) is 94.5 cm³/mol. The van der Waals surface area contributed by atoms with Crippen LogP contribution < -0.4 is 10.1 Å². The molecule has 0 fully saturated rings. The Kier molecular flexibility index (Phi) is 4.19. The Labute approximate surface area is 148 Å². The molecule has 0 spiro atoms. The third-order valence-electron chi connectivity index (χ3n) is 4.01. The highest BCUT2D eigenvalue weighted by atomic mass is 32.1. The van der Waals surface area contributed by atoms with Crippen LogP contribution in [0, 0.1) is 5.82 Å². The summed E-state index contributed by atoms with van der Waals surface area (Å²) in [5, 5.41) is 3.36. The normalized spacial score (nSPS) is 15.5. The molecule has 1 atom stereocenters. The number of amides is 1. The van der Waals surface area contributed by atoms with Gasteiger partial charge in [0.25, 0.3) is 5.91 Å². The van der Waals surface area contributed by atoms with E-state index in [1.54, 1.807) is 18.3 Å². The van der Waals surface area contributed by atoms with Crippen LogP contribution in [0.2, 0.25) is 0 Å². The zero-order chi connectivity index (χ0) is 17.2. The summed E-state index contributed by atoms with van der Waals surface area (Å²) in [6, 6.07) is 14.0. The van der Waals surface area contributed by atoms with E-state index in [9.17, 15) is 9.18 Å². The Morgan fingerprint density at radius 3 is 2.84 bits per heavy atom. The van der Waals surface area contributed by atoms with Crippen molar-refractivity contribution in [2.24, 2.45) is 0 Å². The number of ether oxygens (including phenoxy) is 1. The van der Waals surface area contributed by atoms with Gasteiger partial charge in [0.1, 0.15) is 11.6 Å². The first kappa shape index (κ1) is 15.8. The van der Waals surface area contributed by atoms with Crippen LogP contribution in [-0.4, -0.2) is 17.0 Å². The second kappa shape index (κ2) is 6.64. The smallest absolute Gasteiger partial charge is 0.267 e. The summed E-state index contributed by atoms with van der Waals surface area (Å²) in [6.45, 7) is 0. The molecule has 2 aromatic carbocycles. The molecular formula is C19H15FN2O2S. The third kappa shape index (κ3) is 3.53. The number of benzene rings is 2. The molecule has 0 aliphatic carbocycles. The van der Waals surface area contributed by atoms with Gasteiger partial charge in [-0.25, -0.2) is 9.37 Å². The number of carbonyl (C=O) groups excluding carboxylic acids is 1. The quantitative estimate of drug-likeness (QED) is 0.775. The number of halogens is 1. The van der Waals surface area contributed by atoms with Gasteiger partial charge in [0.15, 0.2) is 11.2 Å². The predicted octanol–water partition coefficient (Wildman–Crippen LogP) is 3.82. The van der Waals surface area contributed by atoms with E-state index in [1.165, 1.54) is 23.5 Å². The van der Waals surface area contributed by atoms with Gasteiger partial charge in [-0.1, -0.05) is 30.3 Å². The molecule has 3 aromatic rings. The summed E-state index contributed by atoms with van der Waals surface area (Å²) in [5.74, 6) is 0.316. The van der Waals surface area contributed by atoms with E-state index in [-0.39, 0.29) is 11.7 Å². The number of thiazole rings is 1. The molecule has 0 saturated carbocycles. The molecule has 4 rings (SSSR count). The van der Waals surface area contributed by atoms with Crippen LogP contribution in [0.25, 0.3) is 0 Å². The van der Waals surface area contributed by atoms with E-state index in [4.69, 9.17) is 4.74 Å². The fourth-order valence-corrected chi connectivity index (χ4v) is 3.61. The highest BCUT2D eigenvalue weighted by Gasteiger charge is 2.29. The number of fused-ring (bicyclic) bond motifs is 1. The molecule has 25 heavy (non-hydrogen) atoms. The van der Waals surface area contributed by atoms with Crippen LogP contribution in [0.15, 0.2) is 54.7 Å². The van der Waals surface area contributed by atoms with Gasteiger partial charge in [-0.15, -0.1) is 11.3 Å². The van der Waals surface area contributed by atoms with E-state index >= 15 is 0 Å². The Balaban J connectivity index is 1.38. The van der Waals surface area contributed by atoms with Crippen molar-refractivity contribution >= 4 is 22.4 Å². The SMILES string of the molecule is O=C(Nc1ncc(Cc2ccc(F)cc2)s1)[C@H]1Cc2ccccc2O1. The van der Waals surface area contributed by atoms with Crippen molar-refractivity contribution in [2.45, 2.75) is 18.9 Å². The number of carbonyl (C=O) groups is 1. The van der Waals surface area contributed by atoms with Crippen molar-refractivity contribution in [3.63, 3.8) is 0 Å². The maximum absolute atomic E-state index is 13.0. The number of nitrogens with one attached hydrogen (secondary N) is 1. The summed E-state index contributed by atoms with van der Waals surface area (Å²) in [6.07, 6.45) is 2.42. The highest BCUT2D eigenvalue weighted by molar-refractivity contribution is 7.15. The van der Waals surface area contributed by atoms with Gasteiger partial charge in [0, 0.05) is 23.9 Å². The van der Waals surface area contributed by atoms with Crippen molar-refractivity contribution in [2.75, 3.05) is 5.32 Å². The summed E-state index contributed by atoms with van der Waals surface area (Å²) in [7, 11) is 0. The molecule has 0 bridgehead atoms. The maximum atomic E-state index is 13.0. The Hall–Kier alpha value is -2.73. The van der Waals surface area contributed by atoms with Crippen LogP contribution in [0.1, 0.15) is 16.0 Å². The summed E-state index contributed by atoms with van der Waals surface area (Å²) in [4.78, 5) is 17.6. The van der Waals surface area contributed by atoms with Crippen molar-refractivity contribution in [1.29, 1.82) is 0 Å². The lowest BCUT2D eigenvalue weighted by Gasteiger charge is -2.09. The van der Waals surface area contributed by atoms with Gasteiger partial charge in [-0.3, -0.25) is 10.1 Å². The molecular weight excluding hydrogens is 339 g/mol. The van der Waals surface area contributed by atoms with Gasteiger partial charge in [-0.05, 0) is 29.3 Å². The molecule has 126 valence electrons. The average molecular weight is 354 g/mol. The number of nitrogens with zero attached hydrogens (tertiary/aromatic N) is 1. The fraction of sp³-hybridized carbons (Fsp3) is 0.158. The highest BCUT2D eigenvalue weighted by Crippen LogP contribution is 2.29. The molecule has 2 heterocycles. The minimum absolute atomic E-state index is 0.195. The monoisotopic (exact) mass is 354 g/mol. The van der Waals surface area contributed by atoms with E-state index in [0.29, 0.717) is 18.0 Å². The van der Waals surface area contributed by atoms with Crippen molar-refractivity contribution in [1.82, 2.24) is 4.98 Å². The molecule has 1 aliphatic heterocycles. The van der Waals surface area contributed by atoms with E-state index in [0.717, 1.165) is 21.8 Å². The zero-order valence-electron chi connectivity index (χ0n) is 13.2. The van der Waals surface area contributed by atoms with Gasteiger partial charge in [-0.2, -0.15) is 0 Å². The largest absolute Gasteiger partial charge is 0.480 e. The van der Waals surface area contributed by atoms with Crippen LogP contribution in [0.4, 0.5) is 9.52 Å². The lowest BCUT2D eigenvalue weighted by molar-refractivity contribution is -0.122. The van der Waals surface area contributed by atoms with Crippen molar-refractivity contribution in [3.05, 3.63) is 76.5 Å². The molecule has 4 nitrogen and oxygen atoms in total.